The second kappa shape index (κ2) is 7.02. The Morgan fingerprint density at radius 2 is 1.57 bits per heavy atom. The van der Waals surface area contributed by atoms with Gasteiger partial charge in [-0.1, -0.05) is 62.4 Å². The first kappa shape index (κ1) is 18.4. The number of nitrogens with zero attached hydrogens (tertiary/aromatic N) is 4. The number of para-hydroxylation sites is 1. The third-order valence-corrected chi connectivity index (χ3v) is 5.69. The Balaban J connectivity index is 1.66. The van der Waals surface area contributed by atoms with Gasteiger partial charge in [-0.2, -0.15) is 0 Å². The van der Waals surface area contributed by atoms with Crippen LogP contribution in [0, 0.1) is 5.41 Å². The molecule has 2 aromatic carbocycles. The summed E-state index contributed by atoms with van der Waals surface area (Å²) in [5.41, 5.74) is 3.83. The lowest BCUT2D eigenvalue weighted by molar-refractivity contribution is 0.0809. The van der Waals surface area contributed by atoms with Crippen molar-refractivity contribution in [1.29, 1.82) is 0 Å². The predicted molar refractivity (Wildman–Crippen MR) is 116 cm³/mol. The highest BCUT2D eigenvalue weighted by molar-refractivity contribution is 6.02. The quantitative estimate of drug-likeness (QED) is 0.482. The monoisotopic (exact) mass is 394 g/mol. The minimum Gasteiger partial charge on any atom is -0.294 e. The molecule has 5 nitrogen and oxygen atoms in total. The van der Waals surface area contributed by atoms with Crippen molar-refractivity contribution >= 4 is 5.78 Å². The molecule has 1 aliphatic rings. The summed E-state index contributed by atoms with van der Waals surface area (Å²) in [5, 5.41) is 4.78. The van der Waals surface area contributed by atoms with Crippen molar-refractivity contribution in [3.05, 3.63) is 84.1 Å². The van der Waals surface area contributed by atoms with Gasteiger partial charge in [0.2, 0.25) is 0 Å². The van der Waals surface area contributed by atoms with Crippen molar-refractivity contribution in [2.75, 3.05) is 0 Å². The van der Waals surface area contributed by atoms with E-state index in [0.29, 0.717) is 11.6 Å². The fourth-order valence-corrected chi connectivity index (χ4v) is 3.87. The summed E-state index contributed by atoms with van der Waals surface area (Å²) in [7, 11) is 0. The number of rotatable bonds is 3. The molecule has 0 saturated carbocycles. The van der Waals surface area contributed by atoms with Crippen molar-refractivity contribution in [1.82, 2.24) is 19.7 Å². The van der Waals surface area contributed by atoms with Crippen LogP contribution in [0.3, 0.4) is 0 Å². The zero-order valence-electron chi connectivity index (χ0n) is 17.0. The van der Waals surface area contributed by atoms with Crippen LogP contribution in [-0.2, 0) is 6.42 Å². The third kappa shape index (κ3) is 3.12. The zero-order valence-corrected chi connectivity index (χ0v) is 17.0. The summed E-state index contributed by atoms with van der Waals surface area (Å²) in [6, 6.07) is 23.6. The molecule has 5 rings (SSSR count). The smallest absolute Gasteiger partial charge is 0.182 e. The lowest BCUT2D eigenvalue weighted by atomic mass is 9.75. The Bertz CT molecular complexity index is 1230. The molecule has 4 aromatic rings. The highest BCUT2D eigenvalue weighted by atomic mass is 16.1. The fraction of sp³-hybridized carbons (Fsp3) is 0.200. The van der Waals surface area contributed by atoms with E-state index in [0.717, 1.165) is 41.0 Å². The minimum atomic E-state index is -0.333. The molecule has 0 unspecified atom stereocenters. The van der Waals surface area contributed by atoms with E-state index in [1.165, 1.54) is 0 Å². The van der Waals surface area contributed by atoms with Gasteiger partial charge in [0.1, 0.15) is 5.69 Å². The molecular formula is C25H22N4O. The highest BCUT2D eigenvalue weighted by Gasteiger charge is 2.35. The first-order valence-electron chi connectivity index (χ1n) is 10.2. The molecule has 0 atom stereocenters. The van der Waals surface area contributed by atoms with Gasteiger partial charge in [-0.25, -0.2) is 14.6 Å². The van der Waals surface area contributed by atoms with Crippen molar-refractivity contribution in [3.8, 4) is 28.6 Å². The second-order valence-electron chi connectivity index (χ2n) is 8.28. The second-order valence-corrected chi connectivity index (χ2v) is 8.28. The van der Waals surface area contributed by atoms with E-state index >= 15 is 0 Å². The first-order valence-corrected chi connectivity index (χ1v) is 10.2. The molecule has 0 bridgehead atoms. The molecule has 0 fully saturated rings. The molecular weight excluding hydrogens is 372 g/mol. The molecule has 2 aromatic heterocycles. The Labute approximate surface area is 175 Å². The Morgan fingerprint density at radius 1 is 0.867 bits per heavy atom. The standard InChI is InChI=1S/C25H22N4O/c1-25(2)16-15-20-19(22(25)30)13-14-21(26-20)24-27-23(17-9-5-3-6-10-17)28-29(24)18-11-7-4-8-12-18/h3-14H,15-16H2,1-2H3. The molecule has 0 aliphatic heterocycles. The van der Waals surface area contributed by atoms with Gasteiger partial charge in [-0.15, -0.1) is 5.10 Å². The van der Waals surface area contributed by atoms with E-state index in [9.17, 15) is 4.79 Å². The van der Waals surface area contributed by atoms with Crippen molar-refractivity contribution < 1.29 is 4.79 Å². The molecule has 148 valence electrons. The van der Waals surface area contributed by atoms with Crippen LogP contribution in [0.2, 0.25) is 0 Å². The number of pyridine rings is 1. The number of ketones is 1. The number of fused-ring (bicyclic) bond motifs is 1. The number of carbonyl (C=O) groups is 1. The lowest BCUT2D eigenvalue weighted by Gasteiger charge is -2.29. The average molecular weight is 394 g/mol. The molecule has 0 amide bonds. The van der Waals surface area contributed by atoms with Gasteiger partial charge < -0.3 is 0 Å². The predicted octanol–water partition coefficient (Wildman–Crippen LogP) is 5.15. The summed E-state index contributed by atoms with van der Waals surface area (Å²) in [6.07, 6.45) is 1.59. The molecule has 5 heteroatoms. The molecule has 30 heavy (non-hydrogen) atoms. The van der Waals surface area contributed by atoms with Crippen LogP contribution in [0.25, 0.3) is 28.6 Å². The van der Waals surface area contributed by atoms with E-state index in [-0.39, 0.29) is 11.2 Å². The zero-order chi connectivity index (χ0) is 20.7. The first-order chi connectivity index (χ1) is 14.5. The van der Waals surface area contributed by atoms with Gasteiger partial charge in [0.15, 0.2) is 17.4 Å². The number of aryl methyl sites for hydroxylation is 1. The highest BCUT2D eigenvalue weighted by Crippen LogP contribution is 2.35. The van der Waals surface area contributed by atoms with Crippen molar-refractivity contribution in [3.63, 3.8) is 0 Å². The summed E-state index contributed by atoms with van der Waals surface area (Å²) in [5.74, 6) is 1.48. The summed E-state index contributed by atoms with van der Waals surface area (Å²) in [4.78, 5) is 22.5. The van der Waals surface area contributed by atoms with E-state index in [1.807, 2.05) is 91.3 Å². The van der Waals surface area contributed by atoms with Gasteiger partial charge >= 0.3 is 0 Å². The molecule has 0 N–H and O–H groups in total. The molecule has 0 saturated heterocycles. The Kier molecular flexibility index (Phi) is 4.31. The summed E-state index contributed by atoms with van der Waals surface area (Å²) >= 11 is 0. The number of carbonyl (C=O) groups excluding carboxylic acids is 1. The fourth-order valence-electron chi connectivity index (χ4n) is 3.87. The molecule has 0 spiro atoms. The van der Waals surface area contributed by atoms with Crippen LogP contribution in [-0.4, -0.2) is 25.5 Å². The lowest BCUT2D eigenvalue weighted by Crippen LogP contribution is -2.31. The van der Waals surface area contributed by atoms with Crippen LogP contribution < -0.4 is 0 Å². The van der Waals surface area contributed by atoms with E-state index in [1.54, 1.807) is 0 Å². The summed E-state index contributed by atoms with van der Waals surface area (Å²) < 4.78 is 1.83. The molecule has 2 heterocycles. The third-order valence-electron chi connectivity index (χ3n) is 5.69. The van der Waals surface area contributed by atoms with Gasteiger partial charge in [-0.3, -0.25) is 4.79 Å². The number of benzene rings is 2. The average Bonchev–Trinajstić information content (AvgIpc) is 3.23. The summed E-state index contributed by atoms with van der Waals surface area (Å²) in [6.45, 7) is 4.01. The van der Waals surface area contributed by atoms with Crippen LogP contribution >= 0.6 is 0 Å². The largest absolute Gasteiger partial charge is 0.294 e. The van der Waals surface area contributed by atoms with Gasteiger partial charge in [-0.05, 0) is 37.1 Å². The van der Waals surface area contributed by atoms with Crippen molar-refractivity contribution in [2.24, 2.45) is 5.41 Å². The van der Waals surface area contributed by atoms with Crippen LogP contribution in [0.15, 0.2) is 72.8 Å². The Hall–Kier alpha value is -3.60. The van der Waals surface area contributed by atoms with Crippen molar-refractivity contribution in [2.45, 2.75) is 26.7 Å². The van der Waals surface area contributed by atoms with Gasteiger partial charge in [0.05, 0.1) is 11.4 Å². The maximum atomic E-state index is 12.8. The SMILES string of the molecule is CC1(C)CCc2nc(-c3nc(-c4ccccc4)nn3-c3ccccc3)ccc2C1=O. The number of aromatic nitrogens is 4. The molecule has 1 aliphatic carbocycles. The Morgan fingerprint density at radius 3 is 2.30 bits per heavy atom. The van der Waals surface area contributed by atoms with E-state index in [2.05, 4.69) is 0 Å². The topological polar surface area (TPSA) is 60.7 Å². The maximum absolute atomic E-state index is 12.8. The molecule has 0 radical (unpaired) electrons. The van der Waals surface area contributed by atoms with Gasteiger partial charge in [0, 0.05) is 16.5 Å². The number of Topliss-reactive ketones (excluding diaryl/α,β-unsaturated/α-hetero) is 1. The van der Waals surface area contributed by atoms with E-state index in [4.69, 9.17) is 15.1 Å². The van der Waals surface area contributed by atoms with Crippen LogP contribution in [0.4, 0.5) is 0 Å². The van der Waals surface area contributed by atoms with E-state index < -0.39 is 0 Å². The van der Waals surface area contributed by atoms with Crippen LogP contribution in [0.1, 0.15) is 36.3 Å². The van der Waals surface area contributed by atoms with Crippen LogP contribution in [0.5, 0.6) is 0 Å². The van der Waals surface area contributed by atoms with Gasteiger partial charge in [0.25, 0.3) is 0 Å². The maximum Gasteiger partial charge on any atom is 0.182 e. The number of hydrogen-bond acceptors (Lipinski definition) is 4. The minimum absolute atomic E-state index is 0.164. The normalized spacial score (nSPS) is 15.1. The number of hydrogen-bond donors (Lipinski definition) is 0.